The van der Waals surface area contributed by atoms with Crippen LogP contribution in [0.1, 0.15) is 29.8 Å². The molecule has 1 atom stereocenters. The Balaban J connectivity index is 1.68. The third-order valence-corrected chi connectivity index (χ3v) is 5.36. The van der Waals surface area contributed by atoms with Gasteiger partial charge in [-0.25, -0.2) is 9.97 Å². The van der Waals surface area contributed by atoms with Crippen molar-refractivity contribution >= 4 is 29.3 Å². The highest BCUT2D eigenvalue weighted by atomic mass is 32.2. The number of rotatable bonds is 7. The van der Waals surface area contributed by atoms with Crippen molar-refractivity contribution in [3.63, 3.8) is 0 Å². The van der Waals surface area contributed by atoms with Crippen LogP contribution in [0.3, 0.4) is 0 Å². The first kappa shape index (κ1) is 21.5. The topological polar surface area (TPSA) is 84.0 Å². The van der Waals surface area contributed by atoms with Gasteiger partial charge in [0.2, 0.25) is 5.91 Å². The minimum absolute atomic E-state index is 0.0666. The lowest BCUT2D eigenvalue weighted by Gasteiger charge is -2.22. The monoisotopic (exact) mass is 420 g/mol. The molecule has 0 aliphatic rings. The summed E-state index contributed by atoms with van der Waals surface area (Å²) in [5.41, 5.74) is 2.15. The van der Waals surface area contributed by atoms with Gasteiger partial charge in [0.05, 0.1) is 0 Å². The van der Waals surface area contributed by atoms with Gasteiger partial charge in [0.1, 0.15) is 6.04 Å². The Morgan fingerprint density at radius 2 is 1.67 bits per heavy atom. The fraction of sp³-hybridized carbons (Fsp3) is 0.217. The van der Waals surface area contributed by atoms with E-state index in [2.05, 4.69) is 20.6 Å². The van der Waals surface area contributed by atoms with Gasteiger partial charge in [0, 0.05) is 28.5 Å². The smallest absolute Gasteiger partial charge is 0.251 e. The van der Waals surface area contributed by atoms with Crippen molar-refractivity contribution in [1.29, 1.82) is 0 Å². The number of nitrogens with one attached hydrogen (secondary N) is 2. The summed E-state index contributed by atoms with van der Waals surface area (Å²) in [6, 6.07) is 15.8. The maximum absolute atomic E-state index is 12.9. The normalized spacial score (nSPS) is 11.7. The third-order valence-electron chi connectivity index (χ3n) is 4.48. The maximum atomic E-state index is 12.9. The molecule has 6 nitrogen and oxygen atoms in total. The molecule has 0 bridgehead atoms. The van der Waals surface area contributed by atoms with Crippen LogP contribution in [-0.4, -0.2) is 27.8 Å². The number of aryl methyl sites for hydroxylation is 1. The summed E-state index contributed by atoms with van der Waals surface area (Å²) in [7, 11) is 0. The number of aromatic nitrogens is 2. The first-order valence-electron chi connectivity index (χ1n) is 9.66. The molecular formula is C23H24N4O2S. The standard InChI is InChI=1S/C23H24N4O2S/c1-15(2)20(27-21(28)17-8-5-4-6-9-17)22(29)26-19-11-10-18(14-16(19)3)30-23-24-12-7-13-25-23/h4-15,20H,1-3H3,(H,26,29)(H,27,28). The van der Waals surface area contributed by atoms with Crippen LogP contribution >= 0.6 is 11.8 Å². The highest BCUT2D eigenvalue weighted by Crippen LogP contribution is 2.28. The molecular weight excluding hydrogens is 396 g/mol. The molecule has 0 aliphatic heterocycles. The zero-order valence-corrected chi connectivity index (χ0v) is 17.9. The van der Waals surface area contributed by atoms with E-state index in [-0.39, 0.29) is 17.7 Å². The first-order valence-corrected chi connectivity index (χ1v) is 10.5. The van der Waals surface area contributed by atoms with Crippen molar-refractivity contribution in [3.05, 3.63) is 78.1 Å². The molecule has 30 heavy (non-hydrogen) atoms. The molecule has 0 saturated heterocycles. The van der Waals surface area contributed by atoms with Crippen LogP contribution in [-0.2, 0) is 4.79 Å². The Kier molecular flexibility index (Phi) is 7.19. The van der Waals surface area contributed by atoms with E-state index in [1.165, 1.54) is 11.8 Å². The number of anilines is 1. The van der Waals surface area contributed by atoms with E-state index >= 15 is 0 Å². The molecule has 3 aromatic rings. The second kappa shape index (κ2) is 10.0. The van der Waals surface area contributed by atoms with E-state index in [9.17, 15) is 9.59 Å². The number of hydrogen-bond donors (Lipinski definition) is 2. The van der Waals surface area contributed by atoms with Crippen LogP contribution in [0, 0.1) is 12.8 Å². The van der Waals surface area contributed by atoms with Gasteiger partial charge in [-0.3, -0.25) is 9.59 Å². The van der Waals surface area contributed by atoms with Crippen molar-refractivity contribution < 1.29 is 9.59 Å². The van der Waals surface area contributed by atoms with Crippen LogP contribution in [0.25, 0.3) is 0 Å². The lowest BCUT2D eigenvalue weighted by Crippen LogP contribution is -2.47. The van der Waals surface area contributed by atoms with Crippen LogP contribution in [0.5, 0.6) is 0 Å². The van der Waals surface area contributed by atoms with Crippen LogP contribution < -0.4 is 10.6 Å². The molecule has 0 spiro atoms. The SMILES string of the molecule is Cc1cc(Sc2ncccn2)ccc1NC(=O)C(NC(=O)c1ccccc1)C(C)C. The number of hydrogen-bond acceptors (Lipinski definition) is 5. The van der Waals surface area contributed by atoms with Gasteiger partial charge in [-0.05, 0) is 66.6 Å². The number of carbonyl (C=O) groups is 2. The molecule has 154 valence electrons. The average Bonchev–Trinajstić information content (AvgIpc) is 2.75. The van der Waals surface area contributed by atoms with Crippen molar-refractivity contribution in [2.24, 2.45) is 5.92 Å². The van der Waals surface area contributed by atoms with Crippen LogP contribution in [0.15, 0.2) is 77.0 Å². The Hall–Kier alpha value is -3.19. The molecule has 0 saturated carbocycles. The first-order chi connectivity index (χ1) is 14.4. The van der Waals surface area contributed by atoms with Gasteiger partial charge in [-0.2, -0.15) is 0 Å². The maximum Gasteiger partial charge on any atom is 0.251 e. The number of benzene rings is 2. The summed E-state index contributed by atoms with van der Waals surface area (Å²) >= 11 is 1.45. The van der Waals surface area contributed by atoms with E-state index in [0.717, 1.165) is 10.5 Å². The number of amides is 2. The molecule has 1 aromatic heterocycles. The van der Waals surface area contributed by atoms with Gasteiger partial charge in [0.15, 0.2) is 5.16 Å². The van der Waals surface area contributed by atoms with Gasteiger partial charge in [-0.15, -0.1) is 0 Å². The second-order valence-corrected chi connectivity index (χ2v) is 8.20. The van der Waals surface area contributed by atoms with Crippen LogP contribution in [0.2, 0.25) is 0 Å². The van der Waals surface area contributed by atoms with Crippen molar-refractivity contribution in [3.8, 4) is 0 Å². The molecule has 2 amide bonds. The summed E-state index contributed by atoms with van der Waals surface area (Å²) in [4.78, 5) is 34.8. The highest BCUT2D eigenvalue weighted by molar-refractivity contribution is 7.99. The summed E-state index contributed by atoms with van der Waals surface area (Å²) in [5, 5.41) is 6.45. The number of nitrogens with zero attached hydrogens (tertiary/aromatic N) is 2. The van der Waals surface area contributed by atoms with Gasteiger partial charge < -0.3 is 10.6 Å². The van der Waals surface area contributed by atoms with Crippen molar-refractivity contribution in [1.82, 2.24) is 15.3 Å². The largest absolute Gasteiger partial charge is 0.340 e. The fourth-order valence-electron chi connectivity index (χ4n) is 2.84. The third kappa shape index (κ3) is 5.67. The minimum Gasteiger partial charge on any atom is -0.340 e. The van der Waals surface area contributed by atoms with E-state index in [4.69, 9.17) is 0 Å². The Bertz CT molecular complexity index is 1010. The quantitative estimate of drug-likeness (QED) is 0.556. The fourth-order valence-corrected chi connectivity index (χ4v) is 3.65. The molecule has 3 rings (SSSR count). The zero-order valence-electron chi connectivity index (χ0n) is 17.1. The van der Waals surface area contributed by atoms with Gasteiger partial charge in [-0.1, -0.05) is 32.0 Å². The summed E-state index contributed by atoms with van der Waals surface area (Å²) in [6.07, 6.45) is 3.40. The lowest BCUT2D eigenvalue weighted by atomic mass is 10.0. The van der Waals surface area contributed by atoms with Crippen molar-refractivity contribution in [2.45, 2.75) is 36.9 Å². The summed E-state index contributed by atoms with van der Waals surface area (Å²) in [5.74, 6) is -0.581. The Morgan fingerprint density at radius 1 is 0.967 bits per heavy atom. The number of carbonyl (C=O) groups excluding carboxylic acids is 2. The minimum atomic E-state index is -0.649. The van der Waals surface area contributed by atoms with Gasteiger partial charge in [0.25, 0.3) is 5.91 Å². The molecule has 0 fully saturated rings. The molecule has 7 heteroatoms. The molecule has 0 radical (unpaired) electrons. The van der Waals surface area contributed by atoms with Crippen molar-refractivity contribution in [2.75, 3.05) is 5.32 Å². The van der Waals surface area contributed by atoms with E-state index in [1.807, 2.05) is 45.0 Å². The average molecular weight is 421 g/mol. The van der Waals surface area contributed by atoms with E-state index in [0.29, 0.717) is 16.4 Å². The lowest BCUT2D eigenvalue weighted by molar-refractivity contribution is -0.118. The molecule has 2 N–H and O–H groups in total. The molecule has 0 aliphatic carbocycles. The predicted molar refractivity (Wildman–Crippen MR) is 118 cm³/mol. The predicted octanol–water partition coefficient (Wildman–Crippen LogP) is 4.33. The molecule has 2 aromatic carbocycles. The molecule has 1 unspecified atom stereocenters. The zero-order chi connectivity index (χ0) is 21.5. The Morgan fingerprint density at radius 3 is 2.30 bits per heavy atom. The Labute approximate surface area is 180 Å². The van der Waals surface area contributed by atoms with E-state index in [1.54, 1.807) is 42.7 Å². The second-order valence-electron chi connectivity index (χ2n) is 7.16. The van der Waals surface area contributed by atoms with E-state index < -0.39 is 6.04 Å². The highest BCUT2D eigenvalue weighted by Gasteiger charge is 2.25. The van der Waals surface area contributed by atoms with Crippen LogP contribution in [0.4, 0.5) is 5.69 Å². The summed E-state index contributed by atoms with van der Waals surface area (Å²) in [6.45, 7) is 5.74. The summed E-state index contributed by atoms with van der Waals surface area (Å²) < 4.78 is 0. The van der Waals surface area contributed by atoms with Gasteiger partial charge >= 0.3 is 0 Å². The molecule has 1 heterocycles.